The summed E-state index contributed by atoms with van der Waals surface area (Å²) in [6.45, 7) is 0. The lowest BCUT2D eigenvalue weighted by molar-refractivity contribution is -0.385. The lowest BCUT2D eigenvalue weighted by atomic mass is 10.1. The summed E-state index contributed by atoms with van der Waals surface area (Å²) in [5.74, 6) is -0.614. The van der Waals surface area contributed by atoms with Crippen LogP contribution in [-0.4, -0.2) is 24.3 Å². The van der Waals surface area contributed by atoms with Gasteiger partial charge in [0, 0.05) is 16.1 Å². The minimum Gasteiger partial charge on any atom is -0.469 e. The van der Waals surface area contributed by atoms with Crippen LogP contribution < -0.4 is 0 Å². The van der Waals surface area contributed by atoms with Gasteiger partial charge < -0.3 is 4.74 Å². The number of ether oxygens (including phenoxy) is 1. The summed E-state index contributed by atoms with van der Waals surface area (Å²) in [4.78, 5) is 32.0. The number of rotatable bonds is 4. The number of hydrogen-bond donors (Lipinski definition) is 0. The first-order valence-corrected chi connectivity index (χ1v) is 5.28. The van der Waals surface area contributed by atoms with E-state index in [0.29, 0.717) is 6.29 Å². The fourth-order valence-corrected chi connectivity index (χ4v) is 1.84. The Bertz CT molecular complexity index is 486. The monoisotopic (exact) mass is 301 g/mol. The maximum Gasteiger partial charge on any atom is 0.310 e. The highest BCUT2D eigenvalue weighted by molar-refractivity contribution is 9.10. The minimum atomic E-state index is -0.614. The predicted octanol–water partition coefficient (Wildman–Crippen LogP) is 1.89. The molecule has 0 spiro atoms. The van der Waals surface area contributed by atoms with Crippen molar-refractivity contribution in [2.24, 2.45) is 0 Å². The van der Waals surface area contributed by atoms with Crippen molar-refractivity contribution < 1.29 is 19.2 Å². The van der Waals surface area contributed by atoms with Crippen molar-refractivity contribution in [3.05, 3.63) is 37.8 Å². The van der Waals surface area contributed by atoms with Gasteiger partial charge in [-0.2, -0.15) is 0 Å². The Morgan fingerprint density at radius 3 is 2.71 bits per heavy atom. The van der Waals surface area contributed by atoms with Crippen LogP contribution in [0, 0.1) is 10.1 Å². The molecule has 7 heteroatoms. The molecule has 1 aromatic rings. The summed E-state index contributed by atoms with van der Waals surface area (Å²) in [5, 5.41) is 10.8. The Morgan fingerprint density at radius 2 is 2.24 bits per heavy atom. The van der Waals surface area contributed by atoms with Crippen LogP contribution in [0.3, 0.4) is 0 Å². The van der Waals surface area contributed by atoms with Crippen molar-refractivity contribution in [2.75, 3.05) is 7.11 Å². The van der Waals surface area contributed by atoms with Gasteiger partial charge >= 0.3 is 5.97 Å². The van der Waals surface area contributed by atoms with Gasteiger partial charge in [-0.15, -0.1) is 0 Å². The van der Waals surface area contributed by atoms with Gasteiger partial charge in [-0.1, -0.05) is 0 Å². The molecule has 0 aliphatic rings. The van der Waals surface area contributed by atoms with Gasteiger partial charge in [0.2, 0.25) is 0 Å². The van der Waals surface area contributed by atoms with E-state index in [2.05, 4.69) is 20.7 Å². The van der Waals surface area contributed by atoms with Crippen LogP contribution >= 0.6 is 15.9 Å². The molecule has 1 rings (SSSR count). The van der Waals surface area contributed by atoms with Crippen molar-refractivity contribution in [3.63, 3.8) is 0 Å². The van der Waals surface area contributed by atoms with E-state index in [0.717, 1.165) is 0 Å². The Labute approximate surface area is 105 Å². The molecule has 0 aliphatic heterocycles. The van der Waals surface area contributed by atoms with Crippen molar-refractivity contribution in [1.82, 2.24) is 0 Å². The maximum absolute atomic E-state index is 11.2. The van der Waals surface area contributed by atoms with Crippen LogP contribution in [-0.2, 0) is 16.0 Å². The molecular weight excluding hydrogens is 294 g/mol. The number of methoxy groups -OCH3 is 1. The number of carbonyl (C=O) groups is 2. The number of nitro benzene ring substituents is 1. The van der Waals surface area contributed by atoms with Crippen LogP contribution in [0.1, 0.15) is 15.9 Å². The van der Waals surface area contributed by atoms with E-state index in [-0.39, 0.29) is 27.7 Å². The average molecular weight is 302 g/mol. The molecule has 0 heterocycles. The molecule has 0 bridgehead atoms. The molecule has 17 heavy (non-hydrogen) atoms. The van der Waals surface area contributed by atoms with E-state index in [1.807, 2.05) is 0 Å². The molecule has 1 aromatic carbocycles. The van der Waals surface area contributed by atoms with Crippen molar-refractivity contribution in [1.29, 1.82) is 0 Å². The average Bonchev–Trinajstić information content (AvgIpc) is 2.30. The van der Waals surface area contributed by atoms with Crippen molar-refractivity contribution >= 4 is 33.9 Å². The summed E-state index contributed by atoms with van der Waals surface area (Å²) in [7, 11) is 1.19. The molecule has 0 N–H and O–H groups in total. The zero-order valence-electron chi connectivity index (χ0n) is 8.81. The SMILES string of the molecule is COC(=O)Cc1c([N+](=O)[O-])ccc(C=O)c1Br. The molecule has 0 saturated heterocycles. The third-order valence-corrected chi connectivity index (χ3v) is 3.06. The van der Waals surface area contributed by atoms with Crippen LogP contribution in [0.15, 0.2) is 16.6 Å². The first-order chi connectivity index (χ1) is 8.01. The van der Waals surface area contributed by atoms with Gasteiger partial charge in [0.25, 0.3) is 5.69 Å². The van der Waals surface area contributed by atoms with Crippen LogP contribution in [0.2, 0.25) is 0 Å². The summed E-state index contributed by atoms with van der Waals surface area (Å²) in [6, 6.07) is 2.50. The molecule has 0 amide bonds. The van der Waals surface area contributed by atoms with Crippen LogP contribution in [0.4, 0.5) is 5.69 Å². The Morgan fingerprint density at radius 1 is 1.59 bits per heavy atom. The minimum absolute atomic E-state index is 0.131. The van der Waals surface area contributed by atoms with E-state index in [4.69, 9.17) is 0 Å². The topological polar surface area (TPSA) is 86.5 Å². The smallest absolute Gasteiger partial charge is 0.310 e. The summed E-state index contributed by atoms with van der Waals surface area (Å²) < 4.78 is 4.69. The Balaban J connectivity index is 3.34. The van der Waals surface area contributed by atoms with Gasteiger partial charge in [0.05, 0.1) is 24.0 Å². The van der Waals surface area contributed by atoms with E-state index in [1.54, 1.807) is 0 Å². The molecule has 90 valence electrons. The molecule has 0 aromatic heterocycles. The lowest BCUT2D eigenvalue weighted by Crippen LogP contribution is -2.08. The van der Waals surface area contributed by atoms with Gasteiger partial charge in [0.15, 0.2) is 6.29 Å². The highest BCUT2D eigenvalue weighted by Crippen LogP contribution is 2.30. The molecule has 6 nitrogen and oxygen atoms in total. The molecule has 0 unspecified atom stereocenters. The van der Waals surface area contributed by atoms with Gasteiger partial charge in [0.1, 0.15) is 0 Å². The van der Waals surface area contributed by atoms with Crippen LogP contribution in [0.25, 0.3) is 0 Å². The molecular formula is C10H8BrNO5. The first kappa shape index (κ1) is 13.3. The number of carbonyl (C=O) groups excluding carboxylic acids is 2. The van der Waals surface area contributed by atoms with E-state index < -0.39 is 10.9 Å². The Hall–Kier alpha value is -1.76. The van der Waals surface area contributed by atoms with Gasteiger partial charge in [-0.3, -0.25) is 19.7 Å². The summed E-state index contributed by atoms with van der Waals surface area (Å²) in [5.41, 5.74) is 0.147. The number of nitro groups is 1. The highest BCUT2D eigenvalue weighted by Gasteiger charge is 2.21. The van der Waals surface area contributed by atoms with E-state index in [1.165, 1.54) is 19.2 Å². The van der Waals surface area contributed by atoms with E-state index >= 15 is 0 Å². The quantitative estimate of drug-likeness (QED) is 0.367. The second-order valence-corrected chi connectivity index (χ2v) is 3.89. The second-order valence-electron chi connectivity index (χ2n) is 3.09. The second kappa shape index (κ2) is 5.53. The molecule has 0 aliphatic carbocycles. The third kappa shape index (κ3) is 2.88. The van der Waals surface area contributed by atoms with Gasteiger partial charge in [-0.05, 0) is 22.0 Å². The fraction of sp³-hybridized carbons (Fsp3) is 0.200. The normalized spacial score (nSPS) is 9.76. The van der Waals surface area contributed by atoms with Crippen molar-refractivity contribution in [2.45, 2.75) is 6.42 Å². The lowest BCUT2D eigenvalue weighted by Gasteiger charge is -2.06. The number of aldehydes is 1. The van der Waals surface area contributed by atoms with E-state index in [9.17, 15) is 19.7 Å². The number of benzene rings is 1. The number of hydrogen-bond acceptors (Lipinski definition) is 5. The highest BCUT2D eigenvalue weighted by atomic mass is 79.9. The standard InChI is InChI=1S/C10H8BrNO5/c1-17-9(14)4-7-8(12(15)16)3-2-6(5-13)10(7)11/h2-3,5H,4H2,1H3. The maximum atomic E-state index is 11.2. The first-order valence-electron chi connectivity index (χ1n) is 4.49. The fourth-order valence-electron chi connectivity index (χ4n) is 1.28. The molecule has 0 fully saturated rings. The zero-order chi connectivity index (χ0) is 13.0. The molecule has 0 radical (unpaired) electrons. The van der Waals surface area contributed by atoms with Crippen LogP contribution in [0.5, 0.6) is 0 Å². The van der Waals surface area contributed by atoms with Crippen molar-refractivity contribution in [3.8, 4) is 0 Å². The Kier molecular flexibility index (Phi) is 4.33. The summed E-state index contributed by atoms with van der Waals surface area (Å²) >= 11 is 3.07. The number of esters is 1. The molecule has 0 atom stereocenters. The number of nitrogens with zero attached hydrogens (tertiary/aromatic N) is 1. The van der Waals surface area contributed by atoms with Gasteiger partial charge in [-0.25, -0.2) is 0 Å². The zero-order valence-corrected chi connectivity index (χ0v) is 10.4. The molecule has 0 saturated carbocycles. The predicted molar refractivity (Wildman–Crippen MR) is 61.9 cm³/mol. The number of halogens is 1. The third-order valence-electron chi connectivity index (χ3n) is 2.12. The largest absolute Gasteiger partial charge is 0.469 e. The summed E-state index contributed by atoms with van der Waals surface area (Å²) in [6.07, 6.45) is 0.281.